The average molecular weight is 563 g/mol. The number of piperidine rings is 1. The molecule has 1 aromatic heterocycles. The summed E-state index contributed by atoms with van der Waals surface area (Å²) in [5.41, 5.74) is 8.20. The number of aryl methyl sites for hydroxylation is 1. The predicted octanol–water partition coefficient (Wildman–Crippen LogP) is 4.88. The van der Waals surface area contributed by atoms with Gasteiger partial charge >= 0.3 is 6.03 Å². The third-order valence-corrected chi connectivity index (χ3v) is 7.53. The second-order valence-electron chi connectivity index (χ2n) is 10.1. The normalized spacial score (nSPS) is 15.6. The van der Waals surface area contributed by atoms with Gasteiger partial charge in [-0.25, -0.2) is 10.2 Å². The molecule has 0 spiro atoms. The molecule has 0 radical (unpaired) electrons. The smallest absolute Gasteiger partial charge is 0.319 e. The van der Waals surface area contributed by atoms with Gasteiger partial charge in [-0.15, -0.1) is 0 Å². The van der Waals surface area contributed by atoms with E-state index in [2.05, 4.69) is 31.4 Å². The minimum atomic E-state index is -0.390. The molecule has 0 saturated carbocycles. The molecule has 10 nitrogen and oxygen atoms in total. The van der Waals surface area contributed by atoms with Crippen LogP contribution < -0.4 is 26.4 Å². The van der Waals surface area contributed by atoms with E-state index >= 15 is 0 Å². The van der Waals surface area contributed by atoms with Crippen molar-refractivity contribution < 1.29 is 9.59 Å². The van der Waals surface area contributed by atoms with Crippen LogP contribution in [0.5, 0.6) is 0 Å². The zero-order chi connectivity index (χ0) is 28.1. The molecule has 11 heteroatoms. The third kappa shape index (κ3) is 6.64. The van der Waals surface area contributed by atoms with Crippen LogP contribution in [0.3, 0.4) is 0 Å². The van der Waals surface area contributed by atoms with Gasteiger partial charge < -0.3 is 20.9 Å². The zero-order valence-electron chi connectivity index (χ0n) is 22.8. The van der Waals surface area contributed by atoms with Crippen molar-refractivity contribution >= 4 is 40.6 Å². The van der Waals surface area contributed by atoms with Gasteiger partial charge in [0.05, 0.1) is 52.3 Å². The molecule has 0 bridgehead atoms. The Labute approximate surface area is 239 Å². The van der Waals surface area contributed by atoms with Crippen molar-refractivity contribution in [1.82, 2.24) is 25.4 Å². The predicted molar refractivity (Wildman–Crippen MR) is 159 cm³/mol. The Hall–Kier alpha value is -3.86. The van der Waals surface area contributed by atoms with Gasteiger partial charge in [-0.3, -0.25) is 14.5 Å². The molecule has 2 aliphatic rings. The highest BCUT2D eigenvalue weighted by atomic mass is 35.5. The number of para-hydroxylation sites is 1. The molecule has 3 amide bonds. The van der Waals surface area contributed by atoms with Gasteiger partial charge in [-0.05, 0) is 70.1 Å². The van der Waals surface area contributed by atoms with Crippen LogP contribution in [0.4, 0.5) is 21.9 Å². The van der Waals surface area contributed by atoms with E-state index in [-0.39, 0.29) is 5.91 Å². The van der Waals surface area contributed by atoms with Crippen molar-refractivity contribution in [2.24, 2.45) is 0 Å². The van der Waals surface area contributed by atoms with Gasteiger partial charge in [0.2, 0.25) is 0 Å². The van der Waals surface area contributed by atoms with E-state index < -0.39 is 6.03 Å². The molecule has 4 N–H and O–H groups in total. The summed E-state index contributed by atoms with van der Waals surface area (Å²) in [6.45, 7) is 8.40. The standard InChI is InChI=1S/C29H35ClN8O2/c1-20-27(21(2)37(35-20)16-15-36-13-6-3-7-14-36)34-28(39)22-9-8-10-24(17-22)38-19-23(18-31-38)32-29(40)33-26-12-5-4-11-25(26)30/h4-5,8-12,17,19,31H,3,6-7,13-16,18H2,1-2H3,(H,34,39)(H2,32,33,40). The Bertz CT molecular complexity index is 1410. The van der Waals surface area contributed by atoms with E-state index in [1.165, 1.54) is 19.3 Å². The maximum absolute atomic E-state index is 13.2. The number of hydrogen-bond donors (Lipinski definition) is 4. The first-order valence-corrected chi connectivity index (χ1v) is 14.0. The van der Waals surface area contributed by atoms with Crippen molar-refractivity contribution in [3.63, 3.8) is 0 Å². The zero-order valence-corrected chi connectivity index (χ0v) is 23.6. The monoisotopic (exact) mass is 562 g/mol. The fourth-order valence-corrected chi connectivity index (χ4v) is 5.20. The number of aromatic nitrogens is 2. The fraction of sp³-hybridized carbons (Fsp3) is 0.345. The van der Waals surface area contributed by atoms with Crippen LogP contribution in [0, 0.1) is 13.8 Å². The maximum Gasteiger partial charge on any atom is 0.323 e. The van der Waals surface area contributed by atoms with Gasteiger partial charge in [-0.2, -0.15) is 5.10 Å². The number of anilines is 3. The highest BCUT2D eigenvalue weighted by Crippen LogP contribution is 2.24. The van der Waals surface area contributed by atoms with Crippen LogP contribution in [0.1, 0.15) is 41.0 Å². The SMILES string of the molecule is Cc1nn(CCN2CCCCC2)c(C)c1NC(=O)c1cccc(N2C=C(NC(=O)Nc3ccccc3Cl)CN2)c1. The molecular weight excluding hydrogens is 528 g/mol. The number of amides is 3. The van der Waals surface area contributed by atoms with Crippen molar-refractivity contribution in [1.29, 1.82) is 0 Å². The molecule has 1 fully saturated rings. The van der Waals surface area contributed by atoms with Crippen LogP contribution in [-0.4, -0.2) is 52.8 Å². The molecule has 2 aromatic carbocycles. The summed E-state index contributed by atoms with van der Waals surface area (Å²) in [7, 11) is 0. The van der Waals surface area contributed by atoms with Crippen molar-refractivity contribution in [3.8, 4) is 0 Å². The number of benzene rings is 2. The summed E-state index contributed by atoms with van der Waals surface area (Å²) in [6, 6.07) is 14.0. The number of carbonyl (C=O) groups excluding carboxylic acids is 2. The number of likely N-dealkylation sites (tertiary alicyclic amines) is 1. The molecule has 210 valence electrons. The van der Waals surface area contributed by atoms with Crippen LogP contribution in [-0.2, 0) is 6.54 Å². The minimum absolute atomic E-state index is 0.204. The summed E-state index contributed by atoms with van der Waals surface area (Å²) < 4.78 is 1.99. The third-order valence-electron chi connectivity index (χ3n) is 7.20. The number of rotatable bonds is 8. The Morgan fingerprint density at radius 2 is 1.77 bits per heavy atom. The van der Waals surface area contributed by atoms with Gasteiger partial charge in [0.1, 0.15) is 0 Å². The van der Waals surface area contributed by atoms with Crippen LogP contribution in [0.25, 0.3) is 0 Å². The number of urea groups is 1. The van der Waals surface area contributed by atoms with E-state index in [0.29, 0.717) is 28.5 Å². The average Bonchev–Trinajstić information content (AvgIpc) is 3.53. The number of carbonyl (C=O) groups is 2. The van der Waals surface area contributed by atoms with Gasteiger partial charge in [0.25, 0.3) is 5.91 Å². The maximum atomic E-state index is 13.2. The summed E-state index contributed by atoms with van der Waals surface area (Å²) in [4.78, 5) is 28.1. The molecule has 3 aromatic rings. The second-order valence-corrected chi connectivity index (χ2v) is 10.5. The molecule has 5 rings (SSSR count). The quantitative estimate of drug-likeness (QED) is 0.312. The van der Waals surface area contributed by atoms with Crippen molar-refractivity contribution in [2.75, 3.05) is 41.8 Å². The molecule has 40 heavy (non-hydrogen) atoms. The summed E-state index contributed by atoms with van der Waals surface area (Å²) in [5, 5.41) is 15.6. The van der Waals surface area contributed by atoms with Crippen molar-refractivity contribution in [3.05, 3.63) is 82.4 Å². The molecule has 0 unspecified atom stereocenters. The molecule has 3 heterocycles. The number of nitrogens with zero attached hydrogens (tertiary/aromatic N) is 4. The number of nitrogens with one attached hydrogen (secondary N) is 4. The van der Waals surface area contributed by atoms with Gasteiger partial charge in [-0.1, -0.05) is 36.2 Å². The van der Waals surface area contributed by atoms with Gasteiger partial charge in [0.15, 0.2) is 0 Å². The highest BCUT2D eigenvalue weighted by Gasteiger charge is 2.19. The van der Waals surface area contributed by atoms with E-state index in [1.807, 2.05) is 30.7 Å². The minimum Gasteiger partial charge on any atom is -0.319 e. The molecule has 0 atom stereocenters. The lowest BCUT2D eigenvalue weighted by molar-refractivity contribution is 0.102. The summed E-state index contributed by atoms with van der Waals surface area (Å²) in [5.74, 6) is -0.204. The Morgan fingerprint density at radius 1 is 0.975 bits per heavy atom. The molecule has 2 aliphatic heterocycles. The number of halogens is 1. The Kier molecular flexibility index (Phi) is 8.69. The molecule has 0 aliphatic carbocycles. The lowest BCUT2D eigenvalue weighted by Crippen LogP contribution is -2.32. The molecular formula is C29H35ClN8O2. The van der Waals surface area contributed by atoms with E-state index in [9.17, 15) is 9.59 Å². The first kappa shape index (κ1) is 27.7. The Balaban J connectivity index is 1.20. The summed E-state index contributed by atoms with van der Waals surface area (Å²) in [6.07, 6.45) is 5.62. The number of hydrogen-bond acceptors (Lipinski definition) is 6. The first-order valence-electron chi connectivity index (χ1n) is 13.6. The van der Waals surface area contributed by atoms with E-state index in [1.54, 1.807) is 47.6 Å². The molecule has 1 saturated heterocycles. The lowest BCUT2D eigenvalue weighted by Gasteiger charge is -2.26. The van der Waals surface area contributed by atoms with Gasteiger partial charge in [0, 0.05) is 18.3 Å². The second kappa shape index (κ2) is 12.5. The van der Waals surface area contributed by atoms with Crippen LogP contribution in [0.15, 0.2) is 60.4 Å². The Morgan fingerprint density at radius 3 is 2.58 bits per heavy atom. The van der Waals surface area contributed by atoms with E-state index in [0.717, 1.165) is 48.9 Å². The highest BCUT2D eigenvalue weighted by molar-refractivity contribution is 6.33. The topological polar surface area (TPSA) is 107 Å². The van der Waals surface area contributed by atoms with Crippen molar-refractivity contribution in [2.45, 2.75) is 39.7 Å². The van der Waals surface area contributed by atoms with Crippen LogP contribution in [0.2, 0.25) is 5.02 Å². The van der Waals surface area contributed by atoms with E-state index in [4.69, 9.17) is 11.6 Å². The first-order chi connectivity index (χ1) is 19.4. The fourth-order valence-electron chi connectivity index (χ4n) is 5.02. The summed E-state index contributed by atoms with van der Waals surface area (Å²) >= 11 is 6.12. The largest absolute Gasteiger partial charge is 0.323 e. The number of hydrazine groups is 1. The lowest BCUT2D eigenvalue weighted by atomic mass is 10.1. The van der Waals surface area contributed by atoms with Crippen LogP contribution >= 0.6 is 11.6 Å².